The largest absolute Gasteiger partial charge is 0.357 e. The van der Waals surface area contributed by atoms with E-state index in [2.05, 4.69) is 22.2 Å². The predicted octanol–water partition coefficient (Wildman–Crippen LogP) is 2.42. The lowest BCUT2D eigenvalue weighted by molar-refractivity contribution is 0.285. The third kappa shape index (κ3) is 1.77. The van der Waals surface area contributed by atoms with Gasteiger partial charge in [0.25, 0.3) is 0 Å². The van der Waals surface area contributed by atoms with Crippen LogP contribution < -0.4 is 4.84 Å². The first kappa shape index (κ1) is 9.70. The van der Waals surface area contributed by atoms with Crippen LogP contribution in [0.4, 0.5) is 0 Å². The summed E-state index contributed by atoms with van der Waals surface area (Å²) in [5, 5.41) is 4.24. The highest BCUT2D eigenvalue weighted by Gasteiger charge is 2.20. The zero-order valence-electron chi connectivity index (χ0n) is 9.35. The van der Waals surface area contributed by atoms with Crippen LogP contribution in [0.1, 0.15) is 24.8 Å². The molecule has 0 bridgehead atoms. The first-order chi connectivity index (χ1) is 7.93. The van der Waals surface area contributed by atoms with Gasteiger partial charge in [-0.15, -0.1) is 0 Å². The molecule has 0 saturated carbocycles. The van der Waals surface area contributed by atoms with E-state index in [-0.39, 0.29) is 0 Å². The van der Waals surface area contributed by atoms with Crippen molar-refractivity contribution in [2.75, 3.05) is 13.1 Å². The molecule has 16 heavy (non-hydrogen) atoms. The lowest BCUT2D eigenvalue weighted by Gasteiger charge is -2.31. The van der Waals surface area contributed by atoms with Crippen LogP contribution in [0.25, 0.3) is 0 Å². The molecule has 1 fully saturated rings. The van der Waals surface area contributed by atoms with Crippen LogP contribution in [0.5, 0.6) is 5.75 Å². The molecule has 1 saturated heterocycles. The highest BCUT2D eigenvalue weighted by molar-refractivity contribution is 5.85. The fourth-order valence-electron chi connectivity index (χ4n) is 2.36. The Kier molecular flexibility index (Phi) is 2.52. The maximum absolute atomic E-state index is 5.44. The standard InChI is InChI=1S/C13H16N2O/c1-4-8-15(9-5-1)13-10-11-6-2-3-7-12(11)16-14-13/h2-3,6-7H,1,4-5,8-10H2. The number of fused-ring (bicyclic) bond motifs is 1. The van der Waals surface area contributed by atoms with E-state index in [0.29, 0.717) is 0 Å². The SMILES string of the molecule is c1ccc2c(c1)CC(N1CCCCC1)=NO2. The Bertz CT molecular complexity index is 408. The number of para-hydroxylation sites is 1. The number of amidine groups is 1. The van der Waals surface area contributed by atoms with E-state index in [0.717, 1.165) is 31.1 Å². The van der Waals surface area contributed by atoms with Crippen molar-refractivity contribution in [2.24, 2.45) is 5.16 Å². The highest BCUT2D eigenvalue weighted by atomic mass is 16.6. The third-order valence-corrected chi connectivity index (χ3v) is 3.29. The number of likely N-dealkylation sites (tertiary alicyclic amines) is 1. The van der Waals surface area contributed by atoms with Gasteiger partial charge in [0.15, 0.2) is 5.75 Å². The van der Waals surface area contributed by atoms with Gasteiger partial charge in [-0.2, -0.15) is 0 Å². The summed E-state index contributed by atoms with van der Waals surface area (Å²) in [6.45, 7) is 2.26. The van der Waals surface area contributed by atoms with Gasteiger partial charge in [-0.1, -0.05) is 23.4 Å². The van der Waals surface area contributed by atoms with Crippen LogP contribution >= 0.6 is 0 Å². The van der Waals surface area contributed by atoms with Crippen molar-refractivity contribution in [1.82, 2.24) is 4.90 Å². The van der Waals surface area contributed by atoms with Gasteiger partial charge in [-0.25, -0.2) is 0 Å². The van der Waals surface area contributed by atoms with Gasteiger partial charge in [0.2, 0.25) is 0 Å². The Morgan fingerprint density at radius 3 is 2.75 bits per heavy atom. The molecule has 3 nitrogen and oxygen atoms in total. The van der Waals surface area contributed by atoms with Crippen LogP contribution in [0.15, 0.2) is 29.4 Å². The van der Waals surface area contributed by atoms with Crippen LogP contribution in [-0.2, 0) is 6.42 Å². The molecule has 0 unspecified atom stereocenters. The van der Waals surface area contributed by atoms with E-state index < -0.39 is 0 Å². The number of nitrogens with zero attached hydrogens (tertiary/aromatic N) is 2. The van der Waals surface area contributed by atoms with Crippen molar-refractivity contribution in [1.29, 1.82) is 0 Å². The smallest absolute Gasteiger partial charge is 0.161 e. The van der Waals surface area contributed by atoms with Crippen molar-refractivity contribution < 1.29 is 4.84 Å². The molecule has 1 aromatic carbocycles. The third-order valence-electron chi connectivity index (χ3n) is 3.29. The van der Waals surface area contributed by atoms with Crippen LogP contribution in [-0.4, -0.2) is 23.8 Å². The topological polar surface area (TPSA) is 24.8 Å². The summed E-state index contributed by atoms with van der Waals surface area (Å²) in [7, 11) is 0. The molecule has 2 aliphatic rings. The van der Waals surface area contributed by atoms with E-state index >= 15 is 0 Å². The van der Waals surface area contributed by atoms with Crippen LogP contribution in [0.2, 0.25) is 0 Å². The van der Waals surface area contributed by atoms with E-state index in [1.54, 1.807) is 0 Å². The molecule has 0 amide bonds. The summed E-state index contributed by atoms with van der Waals surface area (Å²) >= 11 is 0. The maximum Gasteiger partial charge on any atom is 0.161 e. The minimum absolute atomic E-state index is 0.906. The van der Waals surface area contributed by atoms with Gasteiger partial charge in [-0.3, -0.25) is 0 Å². The quantitative estimate of drug-likeness (QED) is 0.665. The van der Waals surface area contributed by atoms with Crippen molar-refractivity contribution >= 4 is 5.84 Å². The van der Waals surface area contributed by atoms with Crippen molar-refractivity contribution in [2.45, 2.75) is 25.7 Å². The molecule has 0 spiro atoms. The molecule has 2 heterocycles. The lowest BCUT2D eigenvalue weighted by Crippen LogP contribution is -2.38. The second kappa shape index (κ2) is 4.16. The Hall–Kier alpha value is -1.51. The van der Waals surface area contributed by atoms with Crippen LogP contribution in [0.3, 0.4) is 0 Å². The second-order valence-corrected chi connectivity index (χ2v) is 4.43. The summed E-state index contributed by atoms with van der Waals surface area (Å²) in [6.07, 6.45) is 4.82. The Balaban J connectivity index is 1.77. The summed E-state index contributed by atoms with van der Waals surface area (Å²) in [6, 6.07) is 8.14. The number of benzene rings is 1. The van der Waals surface area contributed by atoms with Crippen LogP contribution in [0, 0.1) is 0 Å². The predicted molar refractivity (Wildman–Crippen MR) is 63.6 cm³/mol. The molecule has 1 aromatic rings. The van der Waals surface area contributed by atoms with Crippen molar-refractivity contribution in [3.05, 3.63) is 29.8 Å². The molecule has 0 N–H and O–H groups in total. The van der Waals surface area contributed by atoms with Gasteiger partial charge < -0.3 is 9.74 Å². The molecule has 0 atom stereocenters. The number of hydrogen-bond acceptors (Lipinski definition) is 3. The van der Waals surface area contributed by atoms with Crippen molar-refractivity contribution in [3.8, 4) is 5.75 Å². The minimum atomic E-state index is 0.906. The average molecular weight is 216 g/mol. The summed E-state index contributed by atoms with van der Waals surface area (Å²) in [5.41, 5.74) is 1.25. The molecule has 0 aromatic heterocycles. The Morgan fingerprint density at radius 1 is 1.06 bits per heavy atom. The van der Waals surface area contributed by atoms with Gasteiger partial charge >= 0.3 is 0 Å². The zero-order chi connectivity index (χ0) is 10.8. The fourth-order valence-corrected chi connectivity index (χ4v) is 2.36. The van der Waals surface area contributed by atoms with Gasteiger partial charge in [0, 0.05) is 25.1 Å². The molecule has 0 aliphatic carbocycles. The molecule has 84 valence electrons. The summed E-state index contributed by atoms with van der Waals surface area (Å²) in [4.78, 5) is 7.80. The summed E-state index contributed by atoms with van der Waals surface area (Å²) in [5.74, 6) is 2.00. The maximum atomic E-state index is 5.44. The van der Waals surface area contributed by atoms with Crippen molar-refractivity contribution in [3.63, 3.8) is 0 Å². The minimum Gasteiger partial charge on any atom is -0.357 e. The van der Waals surface area contributed by atoms with E-state index in [1.807, 2.05) is 12.1 Å². The van der Waals surface area contributed by atoms with E-state index in [1.165, 1.54) is 24.8 Å². The molecule has 3 heteroatoms. The summed E-state index contributed by atoms with van der Waals surface area (Å²) < 4.78 is 0. The Labute approximate surface area is 95.7 Å². The lowest BCUT2D eigenvalue weighted by atomic mass is 10.1. The molecular weight excluding hydrogens is 200 g/mol. The van der Waals surface area contributed by atoms with Gasteiger partial charge in [-0.05, 0) is 25.3 Å². The Morgan fingerprint density at radius 2 is 1.88 bits per heavy atom. The second-order valence-electron chi connectivity index (χ2n) is 4.43. The number of oxime groups is 1. The van der Waals surface area contributed by atoms with Gasteiger partial charge in [0.05, 0.1) is 0 Å². The first-order valence-corrected chi connectivity index (χ1v) is 6.00. The molecular formula is C13H16N2O. The zero-order valence-corrected chi connectivity index (χ0v) is 9.35. The fraction of sp³-hybridized carbons (Fsp3) is 0.462. The molecule has 2 aliphatic heterocycles. The highest BCUT2D eigenvalue weighted by Crippen LogP contribution is 2.24. The molecule has 0 radical (unpaired) electrons. The number of rotatable bonds is 0. The van der Waals surface area contributed by atoms with E-state index in [9.17, 15) is 0 Å². The monoisotopic (exact) mass is 216 g/mol. The first-order valence-electron chi connectivity index (χ1n) is 6.00. The van der Waals surface area contributed by atoms with E-state index in [4.69, 9.17) is 4.84 Å². The molecule has 3 rings (SSSR count). The number of hydrogen-bond donors (Lipinski definition) is 0. The average Bonchev–Trinajstić information content (AvgIpc) is 2.39. The normalized spacial score (nSPS) is 19.8. The van der Waals surface area contributed by atoms with Gasteiger partial charge in [0.1, 0.15) is 5.84 Å². The number of piperidine rings is 1.